The number of pyridine rings is 1. The lowest BCUT2D eigenvalue weighted by molar-refractivity contribution is 1.24. The van der Waals surface area contributed by atoms with Crippen LogP contribution in [0.1, 0.15) is 17.7 Å². The zero-order valence-corrected chi connectivity index (χ0v) is 8.59. The van der Waals surface area contributed by atoms with Gasteiger partial charge in [0.05, 0.1) is 5.69 Å². The highest BCUT2D eigenvalue weighted by atomic mass is 32.1. The van der Waals surface area contributed by atoms with Gasteiger partial charge in [-0.3, -0.25) is 0 Å². The Hall–Kier alpha value is -0.960. The van der Waals surface area contributed by atoms with Crippen LogP contribution in [0.25, 0.3) is 6.08 Å². The molecule has 0 aliphatic heterocycles. The molecule has 0 spiro atoms. The average molecular weight is 194 g/mol. The second-order valence-electron chi connectivity index (χ2n) is 2.91. The SMILES string of the molecule is Cc1cc(N)nc(C=CCCS)c1. The van der Waals surface area contributed by atoms with Crippen LogP contribution in [0.2, 0.25) is 0 Å². The molecule has 3 heteroatoms. The third kappa shape index (κ3) is 3.51. The number of allylic oxidation sites excluding steroid dienone is 1. The van der Waals surface area contributed by atoms with Crippen molar-refractivity contribution in [1.82, 2.24) is 4.98 Å². The zero-order chi connectivity index (χ0) is 9.68. The van der Waals surface area contributed by atoms with Crippen molar-refractivity contribution >= 4 is 24.5 Å². The standard InChI is InChI=1S/C10H14N2S/c1-8-6-9(4-2-3-5-13)12-10(11)7-8/h2,4,6-7,13H,3,5H2,1H3,(H2,11,12). The summed E-state index contributed by atoms with van der Waals surface area (Å²) in [6.07, 6.45) is 4.98. The molecule has 0 amide bonds. The molecule has 70 valence electrons. The van der Waals surface area contributed by atoms with Gasteiger partial charge in [0.1, 0.15) is 5.82 Å². The molecule has 2 N–H and O–H groups in total. The van der Waals surface area contributed by atoms with Gasteiger partial charge in [0.2, 0.25) is 0 Å². The number of rotatable bonds is 3. The Kier molecular flexibility index (Phi) is 3.83. The molecule has 1 heterocycles. The average Bonchev–Trinajstić information content (AvgIpc) is 2.03. The van der Waals surface area contributed by atoms with E-state index in [0.717, 1.165) is 23.4 Å². The van der Waals surface area contributed by atoms with Gasteiger partial charge < -0.3 is 5.73 Å². The van der Waals surface area contributed by atoms with E-state index in [0.29, 0.717) is 5.82 Å². The molecule has 0 atom stereocenters. The van der Waals surface area contributed by atoms with Gasteiger partial charge in [-0.15, -0.1) is 0 Å². The second kappa shape index (κ2) is 4.92. The van der Waals surface area contributed by atoms with Crippen molar-refractivity contribution in [2.45, 2.75) is 13.3 Å². The number of aromatic nitrogens is 1. The van der Waals surface area contributed by atoms with E-state index < -0.39 is 0 Å². The monoisotopic (exact) mass is 194 g/mol. The Labute approximate surface area is 84.3 Å². The lowest BCUT2D eigenvalue weighted by atomic mass is 10.2. The van der Waals surface area contributed by atoms with Crippen LogP contribution in [-0.4, -0.2) is 10.7 Å². The van der Waals surface area contributed by atoms with Crippen LogP contribution in [-0.2, 0) is 0 Å². The van der Waals surface area contributed by atoms with Crippen molar-refractivity contribution in [1.29, 1.82) is 0 Å². The first-order valence-electron chi connectivity index (χ1n) is 4.24. The first-order chi connectivity index (χ1) is 6.22. The summed E-state index contributed by atoms with van der Waals surface area (Å²) in [5, 5.41) is 0. The van der Waals surface area contributed by atoms with Gasteiger partial charge in [-0.25, -0.2) is 4.98 Å². The smallest absolute Gasteiger partial charge is 0.124 e. The molecule has 0 aliphatic carbocycles. The molecule has 1 rings (SSSR count). The molecular weight excluding hydrogens is 180 g/mol. The summed E-state index contributed by atoms with van der Waals surface area (Å²) in [5.41, 5.74) is 7.66. The minimum absolute atomic E-state index is 0.575. The summed E-state index contributed by atoms with van der Waals surface area (Å²) in [4.78, 5) is 4.17. The molecule has 2 nitrogen and oxygen atoms in total. The number of nitrogens with zero attached hydrogens (tertiary/aromatic N) is 1. The largest absolute Gasteiger partial charge is 0.384 e. The van der Waals surface area contributed by atoms with Crippen LogP contribution in [0.4, 0.5) is 5.82 Å². The van der Waals surface area contributed by atoms with Gasteiger partial charge in [0, 0.05) is 0 Å². The summed E-state index contributed by atoms with van der Waals surface area (Å²) >= 11 is 4.11. The van der Waals surface area contributed by atoms with E-state index in [1.165, 1.54) is 0 Å². The molecule has 13 heavy (non-hydrogen) atoms. The van der Waals surface area contributed by atoms with E-state index >= 15 is 0 Å². The molecule has 0 saturated carbocycles. The molecule has 0 aliphatic rings. The van der Waals surface area contributed by atoms with Crippen LogP contribution >= 0.6 is 12.6 Å². The highest BCUT2D eigenvalue weighted by molar-refractivity contribution is 7.80. The Morgan fingerprint density at radius 1 is 1.54 bits per heavy atom. The van der Waals surface area contributed by atoms with Crippen molar-refractivity contribution in [2.24, 2.45) is 0 Å². The number of nitrogen functional groups attached to an aromatic ring is 1. The van der Waals surface area contributed by atoms with Crippen molar-refractivity contribution in [3.8, 4) is 0 Å². The van der Waals surface area contributed by atoms with Crippen molar-refractivity contribution in [3.63, 3.8) is 0 Å². The third-order valence-electron chi connectivity index (χ3n) is 1.59. The summed E-state index contributed by atoms with van der Waals surface area (Å²) in [5.74, 6) is 1.43. The Bertz CT molecular complexity index is 288. The molecule has 0 saturated heterocycles. The van der Waals surface area contributed by atoms with Gasteiger partial charge in [-0.1, -0.05) is 6.08 Å². The number of aryl methyl sites for hydroxylation is 1. The first kappa shape index (κ1) is 10.1. The minimum atomic E-state index is 0.575. The highest BCUT2D eigenvalue weighted by Crippen LogP contribution is 2.08. The maximum Gasteiger partial charge on any atom is 0.124 e. The Morgan fingerprint density at radius 2 is 2.31 bits per heavy atom. The Balaban J connectivity index is 2.77. The third-order valence-corrected chi connectivity index (χ3v) is 1.85. The van der Waals surface area contributed by atoms with Gasteiger partial charge in [0.25, 0.3) is 0 Å². The topological polar surface area (TPSA) is 38.9 Å². The fraction of sp³-hybridized carbons (Fsp3) is 0.300. The quantitative estimate of drug-likeness (QED) is 0.725. The van der Waals surface area contributed by atoms with E-state index in [1.807, 2.05) is 31.2 Å². The van der Waals surface area contributed by atoms with Crippen molar-refractivity contribution in [2.75, 3.05) is 11.5 Å². The van der Waals surface area contributed by atoms with Gasteiger partial charge in [-0.2, -0.15) is 12.6 Å². The highest BCUT2D eigenvalue weighted by Gasteiger charge is 1.92. The number of nitrogens with two attached hydrogens (primary N) is 1. The lowest BCUT2D eigenvalue weighted by Crippen LogP contribution is -1.92. The lowest BCUT2D eigenvalue weighted by Gasteiger charge is -1.98. The van der Waals surface area contributed by atoms with Crippen molar-refractivity contribution < 1.29 is 0 Å². The molecule has 0 bridgehead atoms. The number of hydrogen-bond acceptors (Lipinski definition) is 3. The zero-order valence-electron chi connectivity index (χ0n) is 7.70. The van der Waals surface area contributed by atoms with E-state index in [-0.39, 0.29) is 0 Å². The number of thiol groups is 1. The molecule has 0 fully saturated rings. The normalized spacial score (nSPS) is 10.9. The fourth-order valence-corrected chi connectivity index (χ4v) is 1.23. The summed E-state index contributed by atoms with van der Waals surface area (Å²) in [7, 11) is 0. The van der Waals surface area contributed by atoms with Crippen LogP contribution in [0.15, 0.2) is 18.2 Å². The van der Waals surface area contributed by atoms with E-state index in [9.17, 15) is 0 Å². The molecule has 1 aromatic rings. The van der Waals surface area contributed by atoms with Gasteiger partial charge >= 0.3 is 0 Å². The first-order valence-corrected chi connectivity index (χ1v) is 4.87. The fourth-order valence-electron chi connectivity index (χ4n) is 1.09. The molecule has 0 radical (unpaired) electrons. The molecule has 1 aromatic heterocycles. The summed E-state index contributed by atoms with van der Waals surface area (Å²) < 4.78 is 0. The van der Waals surface area contributed by atoms with Gasteiger partial charge in [-0.05, 0) is 42.9 Å². The number of hydrogen-bond donors (Lipinski definition) is 2. The van der Waals surface area contributed by atoms with Crippen LogP contribution in [0.3, 0.4) is 0 Å². The van der Waals surface area contributed by atoms with E-state index in [1.54, 1.807) is 0 Å². The van der Waals surface area contributed by atoms with E-state index in [2.05, 4.69) is 17.6 Å². The van der Waals surface area contributed by atoms with Gasteiger partial charge in [0.15, 0.2) is 0 Å². The summed E-state index contributed by atoms with van der Waals surface area (Å²) in [6, 6.07) is 3.86. The Morgan fingerprint density at radius 3 is 2.92 bits per heavy atom. The predicted octanol–water partition coefficient (Wildman–Crippen LogP) is 2.31. The second-order valence-corrected chi connectivity index (χ2v) is 3.36. The maximum atomic E-state index is 5.60. The van der Waals surface area contributed by atoms with Crippen LogP contribution in [0, 0.1) is 6.92 Å². The molecular formula is C10H14N2S. The van der Waals surface area contributed by atoms with E-state index in [4.69, 9.17) is 5.73 Å². The van der Waals surface area contributed by atoms with Crippen LogP contribution < -0.4 is 5.73 Å². The minimum Gasteiger partial charge on any atom is -0.384 e. The maximum absolute atomic E-state index is 5.60. The predicted molar refractivity (Wildman–Crippen MR) is 60.9 cm³/mol. The van der Waals surface area contributed by atoms with Crippen LogP contribution in [0.5, 0.6) is 0 Å². The summed E-state index contributed by atoms with van der Waals surface area (Å²) in [6.45, 7) is 2.01. The number of anilines is 1. The molecule has 0 unspecified atom stereocenters. The molecule has 0 aromatic carbocycles. The van der Waals surface area contributed by atoms with Crippen molar-refractivity contribution in [3.05, 3.63) is 29.5 Å².